The molecule has 4 rings (SSSR count). The van der Waals surface area contributed by atoms with Crippen LogP contribution in [-0.4, -0.2) is 55.4 Å². The van der Waals surface area contributed by atoms with Gasteiger partial charge in [0.15, 0.2) is 5.57 Å². The normalized spacial score (nSPS) is 21.5. The van der Waals surface area contributed by atoms with E-state index in [1.165, 1.54) is 19.8 Å². The Hall–Kier alpha value is -3.16. The van der Waals surface area contributed by atoms with Gasteiger partial charge in [0.1, 0.15) is 0 Å². The molecule has 2 aliphatic rings. The van der Waals surface area contributed by atoms with Gasteiger partial charge in [-0.25, -0.2) is 9.59 Å². The van der Waals surface area contributed by atoms with Gasteiger partial charge in [-0.2, -0.15) is 0 Å². The van der Waals surface area contributed by atoms with Crippen LogP contribution in [0.15, 0.2) is 65.9 Å². The summed E-state index contributed by atoms with van der Waals surface area (Å²) in [5.41, 5.74) is 2.90. The van der Waals surface area contributed by atoms with Gasteiger partial charge in [-0.15, -0.1) is 0 Å². The summed E-state index contributed by atoms with van der Waals surface area (Å²) in [7, 11) is 2.53. The van der Waals surface area contributed by atoms with Crippen LogP contribution in [0.4, 0.5) is 5.69 Å². The molecule has 2 aromatic rings. The van der Waals surface area contributed by atoms with Crippen LogP contribution in [0, 0.1) is 0 Å². The molecule has 0 saturated carbocycles. The molecule has 2 heterocycles. The van der Waals surface area contributed by atoms with Crippen LogP contribution in [0.3, 0.4) is 0 Å². The number of carbonyl (C=O) groups excluding carboxylic acids is 2. The van der Waals surface area contributed by atoms with Crippen molar-refractivity contribution in [2.45, 2.75) is 37.3 Å². The number of anilines is 1. The standard InChI is InChI=1S/C26H30N2O5/c1-32-24(30)22(25(31)33-2)23-26(19-11-6-7-12-20(19)27-23)14-15-28(21(26)13-8-16-29)17-18-9-4-3-5-10-18/h3-7,9-12,21,27,29H,8,13-17H2,1-2H3. The molecule has 7 heteroatoms. The summed E-state index contributed by atoms with van der Waals surface area (Å²) in [6, 6.07) is 18.1. The molecule has 2 N–H and O–H groups in total. The molecule has 1 fully saturated rings. The second-order valence-corrected chi connectivity index (χ2v) is 8.46. The van der Waals surface area contributed by atoms with Gasteiger partial charge >= 0.3 is 11.9 Å². The average Bonchev–Trinajstić information content (AvgIpc) is 3.37. The van der Waals surface area contributed by atoms with E-state index < -0.39 is 17.4 Å². The largest absolute Gasteiger partial charge is 0.465 e. The van der Waals surface area contributed by atoms with Gasteiger partial charge in [-0.3, -0.25) is 4.90 Å². The molecule has 0 amide bonds. The maximum atomic E-state index is 12.8. The lowest BCUT2D eigenvalue weighted by atomic mass is 9.70. The third kappa shape index (κ3) is 4.03. The molecular formula is C26H30N2O5. The van der Waals surface area contributed by atoms with Gasteiger partial charge < -0.3 is 19.9 Å². The Bertz CT molecular complexity index is 1030. The van der Waals surface area contributed by atoms with Gasteiger partial charge in [-0.05, 0) is 36.5 Å². The Morgan fingerprint density at radius 2 is 1.73 bits per heavy atom. The van der Waals surface area contributed by atoms with Crippen LogP contribution < -0.4 is 5.32 Å². The van der Waals surface area contributed by atoms with Crippen molar-refractivity contribution in [2.75, 3.05) is 32.7 Å². The number of aliphatic hydroxyl groups excluding tert-OH is 1. The van der Waals surface area contributed by atoms with E-state index >= 15 is 0 Å². The summed E-state index contributed by atoms with van der Waals surface area (Å²) in [5.74, 6) is -1.45. The van der Waals surface area contributed by atoms with Crippen molar-refractivity contribution in [3.05, 3.63) is 77.0 Å². The summed E-state index contributed by atoms with van der Waals surface area (Å²) in [5, 5.41) is 13.0. The van der Waals surface area contributed by atoms with Crippen molar-refractivity contribution < 1.29 is 24.2 Å². The van der Waals surface area contributed by atoms with Gasteiger partial charge in [0, 0.05) is 37.1 Å². The summed E-state index contributed by atoms with van der Waals surface area (Å²) in [6.45, 7) is 1.58. The number of methoxy groups -OCH3 is 2. The van der Waals surface area contributed by atoms with Gasteiger partial charge in [0.2, 0.25) is 0 Å². The zero-order chi connectivity index (χ0) is 23.4. The fourth-order valence-electron chi connectivity index (χ4n) is 5.42. The molecule has 1 spiro atoms. The predicted molar refractivity (Wildman–Crippen MR) is 124 cm³/mol. The summed E-state index contributed by atoms with van der Waals surface area (Å²) in [6.07, 6.45) is 2.03. The average molecular weight is 451 g/mol. The van der Waals surface area contributed by atoms with E-state index in [4.69, 9.17) is 9.47 Å². The van der Waals surface area contributed by atoms with Gasteiger partial charge in [0.25, 0.3) is 0 Å². The fourth-order valence-corrected chi connectivity index (χ4v) is 5.42. The van der Waals surface area contributed by atoms with E-state index in [0.717, 1.165) is 24.3 Å². The number of nitrogens with zero attached hydrogens (tertiary/aromatic N) is 1. The lowest BCUT2D eigenvalue weighted by Gasteiger charge is -2.37. The van der Waals surface area contributed by atoms with Crippen molar-refractivity contribution >= 4 is 17.6 Å². The highest BCUT2D eigenvalue weighted by Crippen LogP contribution is 2.55. The zero-order valence-electron chi connectivity index (χ0n) is 19.0. The van der Waals surface area contributed by atoms with E-state index in [0.29, 0.717) is 25.0 Å². The van der Waals surface area contributed by atoms with Crippen LogP contribution in [0.25, 0.3) is 0 Å². The number of aliphatic hydroxyl groups is 1. The Morgan fingerprint density at radius 1 is 1.06 bits per heavy atom. The number of fused-ring (bicyclic) bond motifs is 2. The van der Waals surface area contributed by atoms with Crippen molar-refractivity contribution in [1.82, 2.24) is 4.90 Å². The molecule has 2 aromatic carbocycles. The second kappa shape index (κ2) is 9.77. The topological polar surface area (TPSA) is 88.1 Å². The van der Waals surface area contributed by atoms with E-state index in [1.54, 1.807) is 0 Å². The molecule has 0 aromatic heterocycles. The number of nitrogens with one attached hydrogen (secondary N) is 1. The van der Waals surface area contributed by atoms with Crippen LogP contribution >= 0.6 is 0 Å². The van der Waals surface area contributed by atoms with Crippen LogP contribution in [0.2, 0.25) is 0 Å². The predicted octanol–water partition coefficient (Wildman–Crippen LogP) is 3.00. The first kappa shape index (κ1) is 23.0. The van der Waals surface area contributed by atoms with Crippen molar-refractivity contribution in [2.24, 2.45) is 0 Å². The minimum Gasteiger partial charge on any atom is -0.465 e. The highest BCUT2D eigenvalue weighted by Gasteiger charge is 2.56. The minimum atomic E-state index is -0.723. The molecule has 2 atom stereocenters. The van der Waals surface area contributed by atoms with Crippen LogP contribution in [-0.2, 0) is 31.0 Å². The van der Waals surface area contributed by atoms with Crippen molar-refractivity contribution in [1.29, 1.82) is 0 Å². The third-order valence-electron chi connectivity index (χ3n) is 6.81. The Morgan fingerprint density at radius 3 is 2.39 bits per heavy atom. The zero-order valence-corrected chi connectivity index (χ0v) is 19.0. The SMILES string of the molecule is COC(=O)C(C(=O)OC)=C1Nc2ccccc2C12CCN(Cc1ccccc1)C2CCCO. The lowest BCUT2D eigenvalue weighted by Crippen LogP contribution is -2.44. The second-order valence-electron chi connectivity index (χ2n) is 8.46. The number of ether oxygens (including phenoxy) is 2. The molecule has 33 heavy (non-hydrogen) atoms. The monoisotopic (exact) mass is 450 g/mol. The smallest absolute Gasteiger partial charge is 0.347 e. The van der Waals surface area contributed by atoms with Crippen LogP contribution in [0.1, 0.15) is 30.4 Å². The van der Waals surface area contributed by atoms with E-state index in [2.05, 4.69) is 28.4 Å². The highest BCUT2D eigenvalue weighted by atomic mass is 16.5. The number of likely N-dealkylation sites (tertiary alicyclic amines) is 1. The first-order valence-corrected chi connectivity index (χ1v) is 11.2. The van der Waals surface area contributed by atoms with Crippen LogP contribution in [0.5, 0.6) is 0 Å². The molecule has 2 aliphatic heterocycles. The molecule has 2 unspecified atom stereocenters. The van der Waals surface area contributed by atoms with Crippen molar-refractivity contribution in [3.63, 3.8) is 0 Å². The molecule has 0 bridgehead atoms. The first-order chi connectivity index (χ1) is 16.1. The quantitative estimate of drug-likeness (QED) is 0.290. The number of benzene rings is 2. The first-order valence-electron chi connectivity index (χ1n) is 11.2. The number of hydrogen-bond donors (Lipinski definition) is 2. The molecule has 1 saturated heterocycles. The van der Waals surface area contributed by atoms with Gasteiger partial charge in [0.05, 0.1) is 19.6 Å². The van der Waals surface area contributed by atoms with E-state index in [-0.39, 0.29) is 18.2 Å². The molecule has 7 nitrogen and oxygen atoms in total. The summed E-state index contributed by atoms with van der Waals surface area (Å²) in [4.78, 5) is 28.0. The molecular weight excluding hydrogens is 420 g/mol. The molecule has 0 aliphatic carbocycles. The summed E-state index contributed by atoms with van der Waals surface area (Å²) >= 11 is 0. The number of carbonyl (C=O) groups is 2. The number of hydrogen-bond acceptors (Lipinski definition) is 7. The Kier molecular flexibility index (Phi) is 6.81. The maximum Gasteiger partial charge on any atom is 0.347 e. The van der Waals surface area contributed by atoms with E-state index in [9.17, 15) is 14.7 Å². The Balaban J connectivity index is 1.89. The van der Waals surface area contributed by atoms with E-state index in [1.807, 2.05) is 36.4 Å². The minimum absolute atomic E-state index is 0.0414. The van der Waals surface area contributed by atoms with Gasteiger partial charge in [-0.1, -0.05) is 48.5 Å². The third-order valence-corrected chi connectivity index (χ3v) is 6.81. The highest BCUT2D eigenvalue weighted by molar-refractivity contribution is 6.15. The molecule has 174 valence electrons. The fraction of sp³-hybridized carbons (Fsp3) is 0.385. The Labute approximate surface area is 194 Å². The maximum absolute atomic E-state index is 12.8. The summed E-state index contributed by atoms with van der Waals surface area (Å²) < 4.78 is 9.99. The number of para-hydroxylation sites is 1. The number of esters is 2. The lowest BCUT2D eigenvalue weighted by molar-refractivity contribution is -0.144. The molecule has 0 radical (unpaired) electrons. The van der Waals surface area contributed by atoms with Crippen molar-refractivity contribution in [3.8, 4) is 0 Å². The number of rotatable bonds is 7.